The van der Waals surface area contributed by atoms with Gasteiger partial charge in [0.05, 0.1) is 16.7 Å². The topological polar surface area (TPSA) is 8.17 Å². The van der Waals surface area contributed by atoms with Gasteiger partial charge < -0.3 is 9.47 Å². The highest BCUT2D eigenvalue weighted by molar-refractivity contribution is 7.26. The van der Waals surface area contributed by atoms with Crippen LogP contribution in [-0.2, 0) is 0 Å². The van der Waals surface area contributed by atoms with Crippen LogP contribution in [0.15, 0.2) is 200 Å². The second kappa shape index (κ2) is 12.8. The first kappa shape index (κ1) is 33.5. The minimum Gasteiger partial charge on any atom is -0.309 e. The molecule has 0 fully saturated rings. The highest BCUT2D eigenvalue weighted by Gasteiger charge is 2.26. The van der Waals surface area contributed by atoms with E-state index in [9.17, 15) is 0 Å². The number of anilines is 3. The molecule has 0 bridgehead atoms. The molecule has 2 aromatic heterocycles. The largest absolute Gasteiger partial charge is 0.309 e. The summed E-state index contributed by atoms with van der Waals surface area (Å²) in [6.07, 6.45) is 0. The minimum absolute atomic E-state index is 1.14. The maximum atomic E-state index is 2.50. The fraction of sp³-hybridized carbons (Fsp3) is 0.0175. The summed E-state index contributed by atoms with van der Waals surface area (Å²) >= 11 is 1.87. The van der Waals surface area contributed by atoms with Crippen molar-refractivity contribution in [3.63, 3.8) is 0 Å². The lowest BCUT2D eigenvalue weighted by atomic mass is 9.78. The molecule has 1 aliphatic carbocycles. The van der Waals surface area contributed by atoms with Crippen molar-refractivity contribution in [2.45, 2.75) is 6.92 Å². The Labute approximate surface area is 351 Å². The molecule has 2 heterocycles. The van der Waals surface area contributed by atoms with E-state index < -0.39 is 0 Å². The van der Waals surface area contributed by atoms with Gasteiger partial charge in [-0.05, 0) is 141 Å². The third-order valence-electron chi connectivity index (χ3n) is 12.7. The number of fused-ring (bicyclic) bond motifs is 12. The molecule has 0 aliphatic heterocycles. The number of hydrogen-bond acceptors (Lipinski definition) is 2. The standard InChI is InChI=1S/C57H36N2S/c1-35-19-23-41(24-20-35)58(57-44(36-11-3-2-4-12-36)27-28-55-56(57)47-15-7-10-18-54(47)60-55)42-25-21-37-31-48-50(33-39(37)29-42)49-32-38-22-26-43(30-40(38)34-51(48)49)59-52-16-8-5-13-45(52)46-14-6-9-17-53(46)59/h2-34H,1H3. The molecule has 60 heavy (non-hydrogen) atoms. The number of aromatic nitrogens is 1. The predicted molar refractivity (Wildman–Crippen MR) is 258 cm³/mol. The number of rotatable bonds is 5. The summed E-state index contributed by atoms with van der Waals surface area (Å²) < 4.78 is 5.00. The van der Waals surface area contributed by atoms with Crippen molar-refractivity contribution in [1.82, 2.24) is 4.57 Å². The molecule has 2 nitrogen and oxygen atoms in total. The molecular formula is C57H36N2S. The Hall–Kier alpha value is -7.46. The summed E-state index contributed by atoms with van der Waals surface area (Å²) in [5.41, 5.74) is 16.1. The van der Waals surface area contributed by atoms with E-state index in [2.05, 4.69) is 217 Å². The molecule has 12 aromatic rings. The third-order valence-corrected chi connectivity index (χ3v) is 13.8. The molecule has 13 rings (SSSR count). The summed E-state index contributed by atoms with van der Waals surface area (Å²) in [6, 6.07) is 74.4. The molecular weight excluding hydrogens is 745 g/mol. The lowest BCUT2D eigenvalue weighted by Gasteiger charge is -2.30. The molecule has 0 radical (unpaired) electrons. The Bertz CT molecular complexity index is 3670. The predicted octanol–water partition coefficient (Wildman–Crippen LogP) is 16.6. The molecule has 0 spiro atoms. The smallest absolute Gasteiger partial charge is 0.0633 e. The summed E-state index contributed by atoms with van der Waals surface area (Å²) in [7, 11) is 0. The van der Waals surface area contributed by atoms with Crippen molar-refractivity contribution in [1.29, 1.82) is 0 Å². The van der Waals surface area contributed by atoms with Gasteiger partial charge in [0.25, 0.3) is 0 Å². The summed E-state index contributed by atoms with van der Waals surface area (Å²) in [4.78, 5) is 2.50. The average molecular weight is 781 g/mol. The zero-order valence-corrected chi connectivity index (χ0v) is 33.7. The highest BCUT2D eigenvalue weighted by atomic mass is 32.1. The lowest BCUT2D eigenvalue weighted by Crippen LogP contribution is -2.12. The number of aryl methyl sites for hydroxylation is 1. The van der Waals surface area contributed by atoms with Crippen molar-refractivity contribution in [3.05, 3.63) is 206 Å². The molecule has 1 aliphatic rings. The van der Waals surface area contributed by atoms with Gasteiger partial charge in [0.2, 0.25) is 0 Å². The van der Waals surface area contributed by atoms with Gasteiger partial charge >= 0.3 is 0 Å². The van der Waals surface area contributed by atoms with Gasteiger partial charge in [0, 0.05) is 53.6 Å². The van der Waals surface area contributed by atoms with Crippen LogP contribution in [0, 0.1) is 6.92 Å². The zero-order valence-electron chi connectivity index (χ0n) is 32.9. The van der Waals surface area contributed by atoms with Crippen LogP contribution in [0.3, 0.4) is 0 Å². The van der Waals surface area contributed by atoms with Crippen LogP contribution >= 0.6 is 11.3 Å². The van der Waals surface area contributed by atoms with Gasteiger partial charge in [-0.3, -0.25) is 0 Å². The van der Waals surface area contributed by atoms with Gasteiger partial charge in [-0.2, -0.15) is 0 Å². The molecule has 280 valence electrons. The summed E-state index contributed by atoms with van der Waals surface area (Å²) in [5, 5.41) is 10.1. The second-order valence-electron chi connectivity index (χ2n) is 16.2. The Kier molecular flexibility index (Phi) is 7.13. The minimum atomic E-state index is 1.14. The first-order valence-electron chi connectivity index (χ1n) is 20.7. The van der Waals surface area contributed by atoms with Crippen LogP contribution in [0.1, 0.15) is 5.56 Å². The monoisotopic (exact) mass is 780 g/mol. The Morgan fingerprint density at radius 2 is 0.967 bits per heavy atom. The van der Waals surface area contributed by atoms with Crippen molar-refractivity contribution in [2.75, 3.05) is 4.90 Å². The Morgan fingerprint density at radius 1 is 0.400 bits per heavy atom. The van der Waals surface area contributed by atoms with Gasteiger partial charge in [-0.1, -0.05) is 121 Å². The maximum absolute atomic E-state index is 2.50. The van der Waals surface area contributed by atoms with Gasteiger partial charge in [-0.25, -0.2) is 0 Å². The first-order chi connectivity index (χ1) is 29.6. The average Bonchev–Trinajstić information content (AvgIpc) is 3.85. The molecule has 0 amide bonds. The van der Waals surface area contributed by atoms with Crippen LogP contribution in [0.25, 0.3) is 103 Å². The van der Waals surface area contributed by atoms with E-state index >= 15 is 0 Å². The fourth-order valence-electron chi connectivity index (χ4n) is 9.86. The zero-order chi connectivity index (χ0) is 39.5. The molecule has 0 saturated heterocycles. The van der Waals surface area contributed by atoms with Crippen LogP contribution in [-0.4, -0.2) is 4.57 Å². The molecule has 0 saturated carbocycles. The van der Waals surface area contributed by atoms with Crippen molar-refractivity contribution >= 4 is 91.9 Å². The maximum Gasteiger partial charge on any atom is 0.0633 e. The number of benzene rings is 10. The van der Waals surface area contributed by atoms with Crippen LogP contribution < -0.4 is 4.90 Å². The number of thiophene rings is 1. The van der Waals surface area contributed by atoms with Crippen molar-refractivity contribution in [3.8, 4) is 39.1 Å². The van der Waals surface area contributed by atoms with Crippen LogP contribution in [0.4, 0.5) is 17.1 Å². The van der Waals surface area contributed by atoms with Crippen molar-refractivity contribution in [2.24, 2.45) is 0 Å². The summed E-state index contributed by atoms with van der Waals surface area (Å²) in [5.74, 6) is 0. The highest BCUT2D eigenvalue weighted by Crippen LogP contribution is 2.53. The molecule has 0 atom stereocenters. The van der Waals surface area contributed by atoms with E-state index in [-0.39, 0.29) is 0 Å². The van der Waals surface area contributed by atoms with Crippen molar-refractivity contribution < 1.29 is 0 Å². The van der Waals surface area contributed by atoms with Gasteiger partial charge in [0.15, 0.2) is 0 Å². The number of para-hydroxylation sites is 2. The third kappa shape index (κ3) is 4.93. The van der Waals surface area contributed by atoms with E-state index in [1.807, 2.05) is 11.3 Å². The molecule has 0 N–H and O–H groups in total. The summed E-state index contributed by atoms with van der Waals surface area (Å²) in [6.45, 7) is 2.16. The fourth-order valence-corrected chi connectivity index (χ4v) is 11.0. The molecule has 10 aromatic carbocycles. The lowest BCUT2D eigenvalue weighted by molar-refractivity contribution is 1.19. The normalized spacial score (nSPS) is 12.1. The van der Waals surface area contributed by atoms with E-state index in [4.69, 9.17) is 0 Å². The molecule has 0 unspecified atom stereocenters. The Balaban J connectivity index is 0.967. The number of nitrogens with zero attached hydrogens (tertiary/aromatic N) is 2. The SMILES string of the molecule is Cc1ccc(N(c2ccc3cc4c(cc3c2)-c2cc3ccc(-n5c6ccccc6c6ccccc65)cc3cc2-4)c2c(-c3ccccc3)ccc3sc4ccccc4c23)cc1. The number of hydrogen-bond donors (Lipinski definition) is 0. The van der Waals surface area contributed by atoms with Gasteiger partial charge in [0.1, 0.15) is 0 Å². The van der Waals surface area contributed by atoms with E-state index in [1.54, 1.807) is 0 Å². The van der Waals surface area contributed by atoms with E-state index in [0.717, 1.165) is 11.4 Å². The first-order valence-corrected chi connectivity index (χ1v) is 21.5. The van der Waals surface area contributed by atoms with E-state index in [1.165, 1.54) is 114 Å². The van der Waals surface area contributed by atoms with Crippen LogP contribution in [0.5, 0.6) is 0 Å². The quantitative estimate of drug-likeness (QED) is 0.169. The second-order valence-corrected chi connectivity index (χ2v) is 17.3. The molecule has 3 heteroatoms. The van der Waals surface area contributed by atoms with Gasteiger partial charge in [-0.15, -0.1) is 11.3 Å². The van der Waals surface area contributed by atoms with E-state index in [0.29, 0.717) is 0 Å². The van der Waals surface area contributed by atoms with Crippen LogP contribution in [0.2, 0.25) is 0 Å². The Morgan fingerprint density at radius 3 is 1.67 bits per heavy atom.